The Morgan fingerprint density at radius 1 is 1.00 bits per heavy atom. The highest BCUT2D eigenvalue weighted by molar-refractivity contribution is 9.10. The lowest BCUT2D eigenvalue weighted by atomic mass is 10.2. The summed E-state index contributed by atoms with van der Waals surface area (Å²) in [7, 11) is 0. The topological polar surface area (TPSA) is 82.1 Å². The summed E-state index contributed by atoms with van der Waals surface area (Å²) < 4.78 is 5.97. The smallest absolute Gasteiger partial charge is 0.284 e. The van der Waals surface area contributed by atoms with Crippen LogP contribution in [0.4, 0.5) is 5.69 Å². The lowest BCUT2D eigenvalue weighted by Crippen LogP contribution is -1.90. The molecule has 0 spiro atoms. The first-order valence-electron chi connectivity index (χ1n) is 5.98. The molecule has 0 fully saturated rings. The number of rotatable bonds is 3. The molecular weight excluding hydrogens is 338 g/mol. The van der Waals surface area contributed by atoms with E-state index < -0.39 is 4.92 Å². The number of halogens is 1. The Kier molecular flexibility index (Phi) is 3.49. The zero-order valence-electron chi connectivity index (χ0n) is 10.6. The summed E-state index contributed by atoms with van der Waals surface area (Å²) in [5, 5.41) is 18.8. The van der Waals surface area contributed by atoms with Gasteiger partial charge in [-0.25, -0.2) is 0 Å². The molecule has 0 radical (unpaired) electrons. The maximum Gasteiger partial charge on any atom is 0.284 e. The highest BCUT2D eigenvalue weighted by atomic mass is 79.9. The molecular formula is C14H8BrN3O3. The standard InChI is InChI=1S/C14H8BrN3O3/c15-11-7-6-10(8-12(11)18(19)20)14-17-16-13(21-14)9-4-2-1-3-5-9/h1-8H. The molecule has 0 N–H and O–H groups in total. The van der Waals surface area contributed by atoms with Crippen LogP contribution in [0.1, 0.15) is 0 Å². The third kappa shape index (κ3) is 2.68. The molecule has 2 aromatic carbocycles. The number of benzene rings is 2. The Labute approximate surface area is 127 Å². The van der Waals surface area contributed by atoms with Crippen LogP contribution in [0.3, 0.4) is 0 Å². The van der Waals surface area contributed by atoms with E-state index in [4.69, 9.17) is 4.42 Å². The van der Waals surface area contributed by atoms with Gasteiger partial charge in [-0.1, -0.05) is 18.2 Å². The van der Waals surface area contributed by atoms with Crippen molar-refractivity contribution in [2.45, 2.75) is 0 Å². The minimum absolute atomic E-state index is 0.0491. The lowest BCUT2D eigenvalue weighted by molar-refractivity contribution is -0.385. The van der Waals surface area contributed by atoms with Gasteiger partial charge in [0.1, 0.15) is 0 Å². The van der Waals surface area contributed by atoms with Gasteiger partial charge in [0, 0.05) is 17.2 Å². The van der Waals surface area contributed by atoms with Crippen molar-refractivity contribution in [2.24, 2.45) is 0 Å². The fourth-order valence-electron chi connectivity index (χ4n) is 1.82. The summed E-state index contributed by atoms with van der Waals surface area (Å²) in [6, 6.07) is 14.0. The lowest BCUT2D eigenvalue weighted by Gasteiger charge is -1.98. The number of aromatic nitrogens is 2. The maximum absolute atomic E-state index is 10.9. The SMILES string of the molecule is O=[N+]([O-])c1cc(-c2nnc(-c3ccccc3)o2)ccc1Br. The van der Waals surface area contributed by atoms with Crippen molar-refractivity contribution >= 4 is 21.6 Å². The second-order valence-corrected chi connectivity index (χ2v) is 5.06. The molecule has 1 heterocycles. The van der Waals surface area contributed by atoms with Crippen LogP contribution in [0.5, 0.6) is 0 Å². The van der Waals surface area contributed by atoms with Gasteiger partial charge in [0.2, 0.25) is 11.8 Å². The van der Waals surface area contributed by atoms with Gasteiger partial charge < -0.3 is 4.42 Å². The maximum atomic E-state index is 10.9. The molecule has 0 aliphatic rings. The van der Waals surface area contributed by atoms with Gasteiger partial charge in [-0.05, 0) is 40.2 Å². The Morgan fingerprint density at radius 2 is 1.67 bits per heavy atom. The predicted octanol–water partition coefficient (Wildman–Crippen LogP) is 4.07. The van der Waals surface area contributed by atoms with Crippen LogP contribution in [0.15, 0.2) is 57.4 Å². The van der Waals surface area contributed by atoms with E-state index in [9.17, 15) is 10.1 Å². The van der Waals surface area contributed by atoms with Crippen molar-refractivity contribution in [2.75, 3.05) is 0 Å². The van der Waals surface area contributed by atoms with Crippen molar-refractivity contribution in [3.05, 3.63) is 63.1 Å². The van der Waals surface area contributed by atoms with E-state index in [1.807, 2.05) is 30.3 Å². The number of nitro benzene ring substituents is 1. The molecule has 6 nitrogen and oxygen atoms in total. The largest absolute Gasteiger partial charge is 0.416 e. The average molecular weight is 346 g/mol. The second-order valence-electron chi connectivity index (χ2n) is 4.20. The molecule has 1 aromatic heterocycles. The van der Waals surface area contributed by atoms with Gasteiger partial charge in [0.05, 0.1) is 9.40 Å². The summed E-state index contributed by atoms with van der Waals surface area (Å²) in [6.45, 7) is 0. The van der Waals surface area contributed by atoms with Crippen LogP contribution < -0.4 is 0 Å². The molecule has 0 aliphatic carbocycles. The van der Waals surface area contributed by atoms with Crippen LogP contribution in [-0.4, -0.2) is 15.1 Å². The van der Waals surface area contributed by atoms with Crippen LogP contribution in [-0.2, 0) is 0 Å². The fourth-order valence-corrected chi connectivity index (χ4v) is 2.21. The van der Waals surface area contributed by atoms with E-state index in [0.29, 0.717) is 15.9 Å². The summed E-state index contributed by atoms with van der Waals surface area (Å²) in [6.07, 6.45) is 0. The van der Waals surface area contributed by atoms with Crippen molar-refractivity contribution < 1.29 is 9.34 Å². The molecule has 0 atom stereocenters. The minimum atomic E-state index is -0.470. The minimum Gasteiger partial charge on any atom is -0.416 e. The highest BCUT2D eigenvalue weighted by Crippen LogP contribution is 2.31. The van der Waals surface area contributed by atoms with E-state index in [1.54, 1.807) is 12.1 Å². The Balaban J connectivity index is 2.01. The van der Waals surface area contributed by atoms with Crippen molar-refractivity contribution in [1.29, 1.82) is 0 Å². The number of hydrogen-bond donors (Lipinski definition) is 0. The first-order valence-corrected chi connectivity index (χ1v) is 6.77. The summed E-state index contributed by atoms with van der Waals surface area (Å²) in [5.74, 6) is 0.612. The molecule has 0 aliphatic heterocycles. The van der Waals surface area contributed by atoms with Gasteiger partial charge >= 0.3 is 0 Å². The third-order valence-electron chi connectivity index (χ3n) is 2.84. The van der Waals surface area contributed by atoms with Crippen LogP contribution >= 0.6 is 15.9 Å². The van der Waals surface area contributed by atoms with Gasteiger partial charge in [-0.15, -0.1) is 10.2 Å². The Morgan fingerprint density at radius 3 is 2.33 bits per heavy atom. The Hall–Kier alpha value is -2.54. The second kappa shape index (κ2) is 5.45. The summed E-state index contributed by atoms with van der Waals surface area (Å²) in [5.41, 5.74) is 1.24. The van der Waals surface area contributed by atoms with Crippen LogP contribution in [0, 0.1) is 10.1 Å². The molecule has 7 heteroatoms. The zero-order chi connectivity index (χ0) is 14.8. The van der Waals surface area contributed by atoms with Gasteiger partial charge in [-0.3, -0.25) is 10.1 Å². The van der Waals surface area contributed by atoms with E-state index in [1.165, 1.54) is 6.07 Å². The van der Waals surface area contributed by atoms with Gasteiger partial charge in [0.15, 0.2) is 0 Å². The van der Waals surface area contributed by atoms with Crippen molar-refractivity contribution in [3.8, 4) is 22.9 Å². The third-order valence-corrected chi connectivity index (χ3v) is 3.51. The van der Waals surface area contributed by atoms with Crippen molar-refractivity contribution in [1.82, 2.24) is 10.2 Å². The first kappa shape index (κ1) is 13.4. The average Bonchev–Trinajstić information content (AvgIpc) is 2.98. The monoisotopic (exact) mass is 345 g/mol. The number of nitro groups is 1. The van der Waals surface area contributed by atoms with E-state index in [0.717, 1.165) is 5.56 Å². The fraction of sp³-hybridized carbons (Fsp3) is 0. The molecule has 21 heavy (non-hydrogen) atoms. The van der Waals surface area contributed by atoms with Crippen molar-refractivity contribution in [3.63, 3.8) is 0 Å². The van der Waals surface area contributed by atoms with Crippen LogP contribution in [0.2, 0.25) is 0 Å². The number of nitrogens with zero attached hydrogens (tertiary/aromatic N) is 3. The molecule has 0 amide bonds. The molecule has 0 saturated heterocycles. The van der Waals surface area contributed by atoms with E-state index in [2.05, 4.69) is 26.1 Å². The molecule has 0 saturated carbocycles. The quantitative estimate of drug-likeness (QED) is 0.527. The molecule has 104 valence electrons. The zero-order valence-corrected chi connectivity index (χ0v) is 12.1. The molecule has 0 bridgehead atoms. The van der Waals surface area contributed by atoms with Gasteiger partial charge in [0.25, 0.3) is 5.69 Å². The Bertz CT molecular complexity index is 802. The number of hydrogen-bond acceptors (Lipinski definition) is 5. The molecule has 3 rings (SSSR count). The van der Waals surface area contributed by atoms with E-state index in [-0.39, 0.29) is 11.6 Å². The predicted molar refractivity (Wildman–Crippen MR) is 79.5 cm³/mol. The first-order chi connectivity index (χ1) is 10.1. The normalized spacial score (nSPS) is 10.5. The van der Waals surface area contributed by atoms with Crippen LogP contribution in [0.25, 0.3) is 22.9 Å². The highest BCUT2D eigenvalue weighted by Gasteiger charge is 2.16. The molecule has 0 unspecified atom stereocenters. The van der Waals surface area contributed by atoms with E-state index >= 15 is 0 Å². The summed E-state index contributed by atoms with van der Waals surface area (Å²) >= 11 is 3.14. The summed E-state index contributed by atoms with van der Waals surface area (Å²) in [4.78, 5) is 10.5. The van der Waals surface area contributed by atoms with Gasteiger partial charge in [-0.2, -0.15) is 0 Å². The molecule has 3 aromatic rings.